The van der Waals surface area contributed by atoms with Crippen molar-refractivity contribution in [2.75, 3.05) is 0 Å². The predicted molar refractivity (Wildman–Crippen MR) is 97.8 cm³/mol. The molecule has 0 saturated carbocycles. The first-order valence-electron chi connectivity index (χ1n) is 6.50. The van der Waals surface area contributed by atoms with Gasteiger partial charge in [-0.1, -0.05) is 28.1 Å². The second-order valence-electron chi connectivity index (χ2n) is 5.11. The van der Waals surface area contributed by atoms with Crippen LogP contribution in [0.3, 0.4) is 0 Å². The van der Waals surface area contributed by atoms with Crippen molar-refractivity contribution in [2.24, 2.45) is 12.8 Å². The van der Waals surface area contributed by atoms with Gasteiger partial charge in [0.05, 0.1) is 6.54 Å². The Hall–Kier alpha value is -1.15. The fraction of sp³-hybridized carbons (Fsp3) is 0.357. The van der Waals surface area contributed by atoms with Crippen LogP contribution in [-0.4, -0.2) is 20.7 Å². The number of benzene rings is 1. The number of nitrogens with zero attached hydrogens (tertiary/aromatic N) is 3. The Bertz CT molecular complexity index is 658. The number of nitrogens with two attached hydrogens (primary N) is 1. The standard InChI is InChI=1S/C14H18BrN5O.2ClH/c1-9-18-19-12(20(9)3)8-17-13(21)14(2,16)10-4-6-11(15)7-5-10;;/h4-7H,8,16H2,1-3H3,(H,17,21);2*1H. The zero-order valence-electron chi connectivity index (χ0n) is 13.0. The Morgan fingerprint density at radius 2 is 1.87 bits per heavy atom. The number of amides is 1. The van der Waals surface area contributed by atoms with Crippen molar-refractivity contribution < 1.29 is 4.79 Å². The van der Waals surface area contributed by atoms with Gasteiger partial charge in [-0.2, -0.15) is 0 Å². The first-order chi connectivity index (χ1) is 9.82. The fourth-order valence-electron chi connectivity index (χ4n) is 1.88. The highest BCUT2D eigenvalue weighted by Gasteiger charge is 2.30. The van der Waals surface area contributed by atoms with Crippen molar-refractivity contribution in [3.8, 4) is 0 Å². The van der Waals surface area contributed by atoms with Gasteiger partial charge in [-0.15, -0.1) is 35.0 Å². The molecular weight excluding hydrogens is 405 g/mol. The lowest BCUT2D eigenvalue weighted by Crippen LogP contribution is -2.48. The van der Waals surface area contributed by atoms with Gasteiger partial charge in [0.2, 0.25) is 5.91 Å². The summed E-state index contributed by atoms with van der Waals surface area (Å²) in [6.07, 6.45) is 0. The Balaban J connectivity index is 0.00000242. The minimum atomic E-state index is -1.10. The average molecular weight is 425 g/mol. The van der Waals surface area contributed by atoms with Crippen LogP contribution in [-0.2, 0) is 23.9 Å². The molecule has 6 nitrogen and oxygen atoms in total. The smallest absolute Gasteiger partial charge is 0.244 e. The minimum absolute atomic E-state index is 0. The van der Waals surface area contributed by atoms with Gasteiger partial charge in [0, 0.05) is 11.5 Å². The monoisotopic (exact) mass is 423 g/mol. The van der Waals surface area contributed by atoms with Gasteiger partial charge in [0.1, 0.15) is 11.4 Å². The third-order valence-electron chi connectivity index (χ3n) is 3.51. The maximum Gasteiger partial charge on any atom is 0.244 e. The van der Waals surface area contributed by atoms with E-state index in [-0.39, 0.29) is 30.7 Å². The highest BCUT2D eigenvalue weighted by atomic mass is 79.9. The van der Waals surface area contributed by atoms with Crippen molar-refractivity contribution in [1.82, 2.24) is 20.1 Å². The number of aryl methyl sites for hydroxylation is 1. The third kappa shape index (κ3) is 4.91. The number of hydrogen-bond acceptors (Lipinski definition) is 4. The molecular formula is C14H20BrCl2N5O. The molecule has 0 radical (unpaired) electrons. The predicted octanol–water partition coefficient (Wildman–Crippen LogP) is 2.22. The molecule has 1 aromatic carbocycles. The van der Waals surface area contributed by atoms with Crippen LogP contribution >= 0.6 is 40.7 Å². The summed E-state index contributed by atoms with van der Waals surface area (Å²) in [7, 11) is 1.85. The fourth-order valence-corrected chi connectivity index (χ4v) is 2.14. The molecule has 0 spiro atoms. The molecule has 0 aliphatic rings. The summed E-state index contributed by atoms with van der Waals surface area (Å²) in [5.74, 6) is 1.22. The summed E-state index contributed by atoms with van der Waals surface area (Å²) < 4.78 is 2.77. The van der Waals surface area contributed by atoms with Crippen molar-refractivity contribution in [1.29, 1.82) is 0 Å². The molecule has 23 heavy (non-hydrogen) atoms. The molecule has 128 valence electrons. The zero-order chi connectivity index (χ0) is 15.6. The van der Waals surface area contributed by atoms with Crippen LogP contribution in [0.1, 0.15) is 24.1 Å². The van der Waals surface area contributed by atoms with Crippen molar-refractivity contribution in [3.05, 3.63) is 46.0 Å². The topological polar surface area (TPSA) is 85.8 Å². The Kier molecular flexibility index (Phi) is 8.20. The lowest BCUT2D eigenvalue weighted by molar-refractivity contribution is -0.126. The Morgan fingerprint density at radius 1 is 1.30 bits per heavy atom. The van der Waals surface area contributed by atoms with Crippen LogP contribution in [0.4, 0.5) is 0 Å². The SMILES string of the molecule is Cc1nnc(CNC(=O)C(C)(N)c2ccc(Br)cc2)n1C.Cl.Cl. The van der Waals surface area contributed by atoms with Gasteiger partial charge < -0.3 is 15.6 Å². The number of aromatic nitrogens is 3. The van der Waals surface area contributed by atoms with Crippen LogP contribution in [0.2, 0.25) is 0 Å². The second kappa shape index (κ2) is 8.63. The van der Waals surface area contributed by atoms with E-state index in [1.165, 1.54) is 0 Å². The molecule has 3 N–H and O–H groups in total. The van der Waals surface area contributed by atoms with Crippen LogP contribution in [0.25, 0.3) is 0 Å². The van der Waals surface area contributed by atoms with E-state index in [1.54, 1.807) is 6.92 Å². The van der Waals surface area contributed by atoms with E-state index in [2.05, 4.69) is 31.4 Å². The zero-order valence-corrected chi connectivity index (χ0v) is 16.3. The minimum Gasteiger partial charge on any atom is -0.347 e. The van der Waals surface area contributed by atoms with E-state index in [0.29, 0.717) is 12.4 Å². The summed E-state index contributed by atoms with van der Waals surface area (Å²) in [5, 5.41) is 10.8. The lowest BCUT2D eigenvalue weighted by atomic mass is 9.92. The molecule has 1 amide bonds. The van der Waals surface area contributed by atoms with E-state index in [1.807, 2.05) is 42.8 Å². The van der Waals surface area contributed by atoms with Crippen molar-refractivity contribution >= 4 is 46.7 Å². The number of carbonyl (C=O) groups excluding carboxylic acids is 1. The second-order valence-corrected chi connectivity index (χ2v) is 6.03. The normalized spacial score (nSPS) is 12.6. The van der Waals surface area contributed by atoms with E-state index < -0.39 is 5.54 Å². The van der Waals surface area contributed by atoms with Gasteiger partial charge in [-0.3, -0.25) is 4.79 Å². The van der Waals surface area contributed by atoms with Gasteiger partial charge in [-0.05, 0) is 31.5 Å². The largest absolute Gasteiger partial charge is 0.347 e. The van der Waals surface area contributed by atoms with Crippen molar-refractivity contribution in [2.45, 2.75) is 25.9 Å². The first kappa shape index (κ1) is 21.9. The summed E-state index contributed by atoms with van der Waals surface area (Å²) in [5.41, 5.74) is 5.81. The molecule has 2 aromatic rings. The highest BCUT2D eigenvalue weighted by molar-refractivity contribution is 9.10. The van der Waals surface area contributed by atoms with E-state index >= 15 is 0 Å². The number of halogens is 3. The summed E-state index contributed by atoms with van der Waals surface area (Å²) >= 11 is 3.36. The van der Waals surface area contributed by atoms with Gasteiger partial charge in [0.25, 0.3) is 0 Å². The first-order valence-corrected chi connectivity index (χ1v) is 7.29. The number of nitrogens with one attached hydrogen (secondary N) is 1. The Labute approximate surface area is 156 Å². The molecule has 0 bridgehead atoms. The van der Waals surface area contributed by atoms with E-state index in [0.717, 1.165) is 15.9 Å². The molecule has 1 atom stereocenters. The maximum absolute atomic E-state index is 12.3. The molecule has 0 saturated heterocycles. The molecule has 0 aliphatic carbocycles. The summed E-state index contributed by atoms with van der Waals surface area (Å²) in [4.78, 5) is 12.3. The number of carbonyl (C=O) groups is 1. The maximum atomic E-state index is 12.3. The molecule has 1 unspecified atom stereocenters. The Morgan fingerprint density at radius 3 is 2.35 bits per heavy atom. The summed E-state index contributed by atoms with van der Waals surface area (Å²) in [6.45, 7) is 3.83. The molecule has 0 aliphatic heterocycles. The van der Waals surface area contributed by atoms with Crippen molar-refractivity contribution in [3.63, 3.8) is 0 Å². The average Bonchev–Trinajstić information content (AvgIpc) is 2.76. The number of rotatable bonds is 4. The van der Waals surface area contributed by atoms with Gasteiger partial charge in [0.15, 0.2) is 5.82 Å². The molecule has 2 rings (SSSR count). The lowest BCUT2D eigenvalue weighted by Gasteiger charge is -2.24. The molecule has 0 fully saturated rings. The van der Waals surface area contributed by atoms with E-state index in [4.69, 9.17) is 5.73 Å². The van der Waals surface area contributed by atoms with Crippen LogP contribution in [0, 0.1) is 6.92 Å². The summed E-state index contributed by atoms with van der Waals surface area (Å²) in [6, 6.07) is 7.38. The van der Waals surface area contributed by atoms with Crippen LogP contribution < -0.4 is 11.1 Å². The molecule has 1 aromatic heterocycles. The highest BCUT2D eigenvalue weighted by Crippen LogP contribution is 2.20. The van der Waals surface area contributed by atoms with Crippen LogP contribution in [0.15, 0.2) is 28.7 Å². The van der Waals surface area contributed by atoms with Crippen LogP contribution in [0.5, 0.6) is 0 Å². The van der Waals surface area contributed by atoms with Gasteiger partial charge in [-0.25, -0.2) is 0 Å². The molecule has 9 heteroatoms. The quantitative estimate of drug-likeness (QED) is 0.787. The third-order valence-corrected chi connectivity index (χ3v) is 4.03. The van der Waals surface area contributed by atoms with E-state index in [9.17, 15) is 4.79 Å². The number of hydrogen-bond donors (Lipinski definition) is 2. The van der Waals surface area contributed by atoms with Gasteiger partial charge >= 0.3 is 0 Å². The molecule has 1 heterocycles.